The summed E-state index contributed by atoms with van der Waals surface area (Å²) in [5.41, 5.74) is -0.501. The van der Waals surface area contributed by atoms with Gasteiger partial charge in [0.2, 0.25) is 0 Å². The Morgan fingerprint density at radius 1 is 1.60 bits per heavy atom. The van der Waals surface area contributed by atoms with E-state index in [0.29, 0.717) is 12.0 Å². The number of fused-ring (bicyclic) bond motifs is 1. The molecule has 0 N–H and O–H groups in total. The van der Waals surface area contributed by atoms with E-state index in [4.69, 9.17) is 8.00 Å². The van der Waals surface area contributed by atoms with Gasteiger partial charge in [-0.3, -0.25) is 0 Å². The highest BCUT2D eigenvalue weighted by Gasteiger charge is 2.23. The molecule has 15 heavy (non-hydrogen) atoms. The van der Waals surface area contributed by atoms with Gasteiger partial charge in [0, 0.05) is 2.74 Å². The van der Waals surface area contributed by atoms with E-state index < -0.39 is 23.6 Å². The molecular weight excluding hydrogens is 196 g/mol. The molecule has 1 aliphatic carbocycles. The Kier molecular flexibility index (Phi) is 1.88. The minimum absolute atomic E-state index is 0.0317. The summed E-state index contributed by atoms with van der Waals surface area (Å²) in [4.78, 5) is 0. The molecule has 1 unspecified atom stereocenters. The minimum atomic E-state index is -1.84. The molecule has 1 nitrogen and oxygen atoms in total. The van der Waals surface area contributed by atoms with Gasteiger partial charge in [0.05, 0.1) is 0 Å². The molecule has 0 bridgehead atoms. The molecule has 0 fully saturated rings. The predicted octanol–water partition coefficient (Wildman–Crippen LogP) is 2.96. The van der Waals surface area contributed by atoms with Gasteiger partial charge in [0.1, 0.15) is 23.3 Å². The predicted molar refractivity (Wildman–Crippen MR) is 52.3 cm³/mol. The molecule has 0 saturated heterocycles. The van der Waals surface area contributed by atoms with E-state index in [9.17, 15) is 8.78 Å². The largest absolute Gasteiger partial charge is 0.205 e. The zero-order valence-corrected chi connectivity index (χ0v) is 8.27. The Balaban J connectivity index is 2.74. The van der Waals surface area contributed by atoms with Gasteiger partial charge in [-0.1, -0.05) is 6.92 Å². The highest BCUT2D eigenvalue weighted by molar-refractivity contribution is 5.42. The van der Waals surface area contributed by atoms with Crippen molar-refractivity contribution in [2.24, 2.45) is 5.92 Å². The van der Waals surface area contributed by atoms with Gasteiger partial charge in [0.15, 0.2) is 0 Å². The summed E-state index contributed by atoms with van der Waals surface area (Å²) in [7, 11) is 0. The molecular formula is C12H11F2N. The zero-order chi connectivity index (χ0) is 12.8. The summed E-state index contributed by atoms with van der Waals surface area (Å²) in [5, 5.41) is 8.67. The minimum Gasteiger partial charge on any atom is -0.205 e. The van der Waals surface area contributed by atoms with E-state index in [1.807, 2.05) is 6.92 Å². The maximum atomic E-state index is 13.9. The lowest BCUT2D eigenvalue weighted by Gasteiger charge is -2.22. The quantitative estimate of drug-likeness (QED) is 0.644. The van der Waals surface area contributed by atoms with Gasteiger partial charge in [-0.2, -0.15) is 5.26 Å². The van der Waals surface area contributed by atoms with Gasteiger partial charge >= 0.3 is 0 Å². The van der Waals surface area contributed by atoms with E-state index in [-0.39, 0.29) is 17.9 Å². The van der Waals surface area contributed by atoms with Crippen molar-refractivity contribution < 1.29 is 11.5 Å². The number of halogens is 2. The molecule has 0 aromatic heterocycles. The van der Waals surface area contributed by atoms with Crippen LogP contribution in [0.4, 0.5) is 8.78 Å². The first-order valence-electron chi connectivity index (χ1n) is 5.78. The molecule has 0 heterocycles. The average Bonchev–Trinajstić information content (AvgIpc) is 2.14. The van der Waals surface area contributed by atoms with Crippen LogP contribution in [0.1, 0.15) is 32.8 Å². The third-order valence-electron chi connectivity index (χ3n) is 2.61. The van der Waals surface area contributed by atoms with Crippen LogP contribution >= 0.6 is 0 Å². The standard InChI is InChI=1S/C12H11F2N/c1-7-2-3-9-8(4-7)5-11(13)10(6-15)12(9)14/h5,7H,2-4H2,1H3/i3D2. The molecule has 0 saturated carbocycles. The zero-order valence-electron chi connectivity index (χ0n) is 10.3. The van der Waals surface area contributed by atoms with Gasteiger partial charge in [0.25, 0.3) is 0 Å². The van der Waals surface area contributed by atoms with Crippen molar-refractivity contribution in [1.82, 2.24) is 0 Å². The fourth-order valence-electron chi connectivity index (χ4n) is 1.85. The van der Waals surface area contributed by atoms with Crippen LogP contribution < -0.4 is 0 Å². The van der Waals surface area contributed by atoms with Crippen molar-refractivity contribution >= 4 is 0 Å². The van der Waals surface area contributed by atoms with E-state index in [2.05, 4.69) is 0 Å². The van der Waals surface area contributed by atoms with Crippen molar-refractivity contribution in [3.63, 3.8) is 0 Å². The Hall–Kier alpha value is -1.43. The van der Waals surface area contributed by atoms with Gasteiger partial charge in [-0.05, 0) is 42.3 Å². The number of nitrogens with zero attached hydrogens (tertiary/aromatic N) is 1. The molecule has 1 aliphatic rings. The number of rotatable bonds is 0. The Morgan fingerprint density at radius 2 is 2.33 bits per heavy atom. The average molecular weight is 209 g/mol. The Morgan fingerprint density at radius 3 is 3.00 bits per heavy atom. The first-order chi connectivity index (χ1) is 7.86. The van der Waals surface area contributed by atoms with Gasteiger partial charge < -0.3 is 0 Å². The van der Waals surface area contributed by atoms with Crippen LogP contribution in [0.15, 0.2) is 6.07 Å². The second-order valence-corrected chi connectivity index (χ2v) is 3.88. The van der Waals surface area contributed by atoms with Crippen molar-refractivity contribution in [1.29, 1.82) is 5.26 Å². The molecule has 2 rings (SSSR count). The van der Waals surface area contributed by atoms with Crippen LogP contribution in [0.2, 0.25) is 0 Å². The lowest BCUT2D eigenvalue weighted by atomic mass is 9.84. The molecule has 1 aromatic rings. The third-order valence-corrected chi connectivity index (χ3v) is 2.61. The molecule has 1 atom stereocenters. The van der Waals surface area contributed by atoms with E-state index in [0.717, 1.165) is 6.07 Å². The number of hydrogen-bond donors (Lipinski definition) is 0. The lowest BCUT2D eigenvalue weighted by molar-refractivity contribution is 0.473. The lowest BCUT2D eigenvalue weighted by Crippen LogP contribution is -2.14. The first kappa shape index (κ1) is 7.81. The molecule has 0 radical (unpaired) electrons. The van der Waals surface area contributed by atoms with E-state index in [1.165, 1.54) is 6.07 Å². The summed E-state index contributed by atoms with van der Waals surface area (Å²) in [5.74, 6) is -1.92. The topological polar surface area (TPSA) is 23.8 Å². The molecule has 1 aromatic carbocycles. The van der Waals surface area contributed by atoms with Crippen LogP contribution in [0.3, 0.4) is 0 Å². The monoisotopic (exact) mass is 209 g/mol. The normalized spacial score (nSPS) is 24.8. The number of hydrogen-bond acceptors (Lipinski definition) is 1. The first-order valence-corrected chi connectivity index (χ1v) is 4.78. The second-order valence-electron chi connectivity index (χ2n) is 3.88. The fraction of sp³-hybridized carbons (Fsp3) is 0.417. The smallest absolute Gasteiger partial charge is 0.147 e. The molecule has 0 amide bonds. The Labute approximate surface area is 90.1 Å². The van der Waals surface area contributed by atoms with Crippen LogP contribution in [0.25, 0.3) is 0 Å². The van der Waals surface area contributed by atoms with Gasteiger partial charge in [-0.25, -0.2) is 8.78 Å². The van der Waals surface area contributed by atoms with Crippen molar-refractivity contribution in [3.8, 4) is 6.07 Å². The third kappa shape index (κ3) is 1.61. The maximum absolute atomic E-state index is 13.9. The van der Waals surface area contributed by atoms with Crippen molar-refractivity contribution in [3.05, 3.63) is 34.4 Å². The fourth-order valence-corrected chi connectivity index (χ4v) is 1.85. The van der Waals surface area contributed by atoms with Crippen molar-refractivity contribution in [2.75, 3.05) is 0 Å². The van der Waals surface area contributed by atoms with E-state index in [1.54, 1.807) is 0 Å². The highest BCUT2D eigenvalue weighted by atomic mass is 19.1. The SMILES string of the molecule is [2H]C1([2H])CC(C)Cc2cc(F)c(C#N)c(F)c21. The molecule has 3 heteroatoms. The number of benzene rings is 1. The summed E-state index contributed by atoms with van der Waals surface area (Å²) in [6, 6.07) is 2.53. The molecule has 0 spiro atoms. The van der Waals surface area contributed by atoms with Crippen LogP contribution in [-0.2, 0) is 12.8 Å². The summed E-state index contributed by atoms with van der Waals surface area (Å²) in [6.45, 7) is 1.84. The van der Waals surface area contributed by atoms with Gasteiger partial charge in [-0.15, -0.1) is 0 Å². The summed E-state index contributed by atoms with van der Waals surface area (Å²) in [6.07, 6.45) is -1.21. The van der Waals surface area contributed by atoms with Crippen LogP contribution in [0, 0.1) is 28.9 Å². The Bertz CT molecular complexity index is 520. The van der Waals surface area contributed by atoms with E-state index >= 15 is 0 Å². The number of nitriles is 1. The highest BCUT2D eigenvalue weighted by Crippen LogP contribution is 2.30. The van der Waals surface area contributed by atoms with Crippen LogP contribution in [0.5, 0.6) is 0 Å². The maximum Gasteiger partial charge on any atom is 0.147 e. The van der Waals surface area contributed by atoms with Crippen molar-refractivity contribution in [2.45, 2.75) is 26.1 Å². The summed E-state index contributed by atoms with van der Waals surface area (Å²) >= 11 is 0. The molecule has 78 valence electrons. The molecule has 0 aliphatic heterocycles. The summed E-state index contributed by atoms with van der Waals surface area (Å²) < 4.78 is 43.0. The van der Waals surface area contributed by atoms with Crippen LogP contribution in [-0.4, -0.2) is 0 Å². The second kappa shape index (κ2) is 3.62.